The van der Waals surface area contributed by atoms with Gasteiger partial charge in [-0.15, -0.1) is 0 Å². The maximum Gasteiger partial charge on any atom is 0.120 e. The Morgan fingerprint density at radius 2 is 2.07 bits per heavy atom. The number of aliphatic hydroxyl groups is 1. The minimum Gasteiger partial charge on any atom is -0.497 e. The van der Waals surface area contributed by atoms with Crippen LogP contribution in [0.1, 0.15) is 17.5 Å². The Morgan fingerprint density at radius 3 is 2.89 bits per heavy atom. The molecule has 0 amide bonds. The van der Waals surface area contributed by atoms with Crippen LogP contribution in [0.25, 0.3) is 18.2 Å². The number of anilines is 1. The maximum atomic E-state index is 10.7. The first-order chi connectivity index (χ1) is 13.5. The lowest BCUT2D eigenvalue weighted by molar-refractivity contribution is 0.164. The van der Waals surface area contributed by atoms with Crippen LogP contribution < -0.4 is 20.8 Å². The van der Waals surface area contributed by atoms with Gasteiger partial charge in [0.25, 0.3) is 0 Å². The molecule has 1 aromatic heterocycles. The zero-order valence-corrected chi connectivity index (χ0v) is 18.8. The second-order valence-electron chi connectivity index (χ2n) is 7.00. The minimum absolute atomic E-state index is 0.466. The number of aromatic nitrogens is 1. The zero-order chi connectivity index (χ0) is 19.7. The molecule has 2 N–H and O–H groups in total. The fourth-order valence-corrected chi connectivity index (χ4v) is 4.54. The number of allylic oxidation sites excluding steroid dienone is 3. The van der Waals surface area contributed by atoms with Gasteiger partial charge in [0, 0.05) is 41.0 Å². The second kappa shape index (κ2) is 8.31. The van der Waals surface area contributed by atoms with E-state index in [1.807, 2.05) is 24.3 Å². The molecule has 0 bridgehead atoms. The largest absolute Gasteiger partial charge is 0.497 e. The number of fused-ring (bicyclic) bond motifs is 3. The number of nitrogens with zero attached hydrogens (tertiary/aromatic N) is 1. The Kier molecular flexibility index (Phi) is 5.80. The molecule has 0 radical (unpaired) electrons. The molecule has 1 atom stereocenters. The van der Waals surface area contributed by atoms with E-state index < -0.39 is 6.10 Å². The van der Waals surface area contributed by atoms with Crippen LogP contribution in [0, 0.1) is 0 Å². The number of methoxy groups -OCH3 is 1. The number of halogens is 2. The highest BCUT2D eigenvalue weighted by molar-refractivity contribution is 9.12. The topological polar surface area (TPSA) is 46.4 Å². The molecule has 0 spiro atoms. The Labute approximate surface area is 181 Å². The average Bonchev–Trinajstić information content (AvgIpc) is 2.99. The van der Waals surface area contributed by atoms with Crippen molar-refractivity contribution in [3.63, 3.8) is 0 Å². The summed E-state index contributed by atoms with van der Waals surface area (Å²) in [5.74, 6) is 0.798. The smallest absolute Gasteiger partial charge is 0.120 e. The van der Waals surface area contributed by atoms with Gasteiger partial charge in [-0.2, -0.15) is 0 Å². The van der Waals surface area contributed by atoms with Crippen LogP contribution in [-0.4, -0.2) is 29.4 Å². The molecule has 1 heterocycles. The molecule has 6 heteroatoms. The number of hydrogen-bond donors (Lipinski definition) is 2. The van der Waals surface area contributed by atoms with Crippen molar-refractivity contribution < 1.29 is 9.84 Å². The van der Waals surface area contributed by atoms with E-state index in [4.69, 9.17) is 4.74 Å². The summed E-state index contributed by atoms with van der Waals surface area (Å²) in [6, 6.07) is 7.74. The first-order valence-corrected chi connectivity index (χ1v) is 10.8. The molecule has 4 nitrogen and oxygen atoms in total. The first kappa shape index (κ1) is 19.6. The van der Waals surface area contributed by atoms with Crippen LogP contribution in [0.15, 0.2) is 39.3 Å². The predicted octanol–water partition coefficient (Wildman–Crippen LogP) is 3.51. The summed E-state index contributed by atoms with van der Waals surface area (Å²) in [5, 5.41) is 16.4. The van der Waals surface area contributed by atoms with Gasteiger partial charge in [-0.3, -0.25) is 0 Å². The Morgan fingerprint density at radius 1 is 1.21 bits per heavy atom. The maximum absolute atomic E-state index is 10.7. The summed E-state index contributed by atoms with van der Waals surface area (Å²) >= 11 is 7.27. The normalized spacial score (nSPS) is 16.0. The third-order valence-corrected chi connectivity index (χ3v) is 6.15. The minimum atomic E-state index is -0.516. The molecule has 0 fully saturated rings. The van der Waals surface area contributed by atoms with Gasteiger partial charge in [0.15, 0.2) is 0 Å². The van der Waals surface area contributed by atoms with Gasteiger partial charge in [-0.25, -0.2) is 0 Å². The summed E-state index contributed by atoms with van der Waals surface area (Å²) in [5.41, 5.74) is 3.50. The van der Waals surface area contributed by atoms with Crippen molar-refractivity contribution in [3.8, 4) is 5.75 Å². The lowest BCUT2D eigenvalue weighted by Crippen LogP contribution is -2.36. The van der Waals surface area contributed by atoms with E-state index in [1.54, 1.807) is 7.11 Å². The summed E-state index contributed by atoms with van der Waals surface area (Å²) in [6.07, 6.45) is 9.93. The van der Waals surface area contributed by atoms with Crippen molar-refractivity contribution in [1.29, 1.82) is 0 Å². The van der Waals surface area contributed by atoms with Crippen LogP contribution in [-0.2, 0) is 13.0 Å². The molecule has 28 heavy (non-hydrogen) atoms. The van der Waals surface area contributed by atoms with E-state index in [2.05, 4.69) is 66.0 Å². The Bertz CT molecular complexity index is 1080. The molecule has 2 aliphatic rings. The van der Waals surface area contributed by atoms with Gasteiger partial charge in [-0.1, -0.05) is 44.0 Å². The van der Waals surface area contributed by atoms with Crippen molar-refractivity contribution in [2.24, 2.45) is 0 Å². The third kappa shape index (κ3) is 4.00. The van der Waals surface area contributed by atoms with E-state index in [9.17, 15) is 5.11 Å². The van der Waals surface area contributed by atoms with Crippen LogP contribution in [0.4, 0.5) is 5.69 Å². The van der Waals surface area contributed by atoms with Crippen molar-refractivity contribution in [2.75, 3.05) is 19.0 Å². The molecule has 2 aliphatic carbocycles. The molecular formula is C22H22Br2N2O2. The molecule has 146 valence electrons. The molecule has 4 rings (SSSR count). The van der Waals surface area contributed by atoms with Gasteiger partial charge < -0.3 is 19.7 Å². The quantitative estimate of drug-likeness (QED) is 0.631. The predicted molar refractivity (Wildman–Crippen MR) is 122 cm³/mol. The lowest BCUT2D eigenvalue weighted by Gasteiger charge is -2.16. The SMILES string of the molecule is COc1cccc(NC[C@@H](O)Cn2c3c(c4c2=CC=C(Br)C4)C=C(Br)CC=3)c1. The van der Waals surface area contributed by atoms with Crippen molar-refractivity contribution in [1.82, 2.24) is 4.57 Å². The average molecular weight is 506 g/mol. The van der Waals surface area contributed by atoms with Crippen LogP contribution in [0.5, 0.6) is 5.75 Å². The van der Waals surface area contributed by atoms with Crippen LogP contribution in [0.2, 0.25) is 0 Å². The summed E-state index contributed by atoms with van der Waals surface area (Å²) < 4.78 is 9.86. The number of hydrogen-bond acceptors (Lipinski definition) is 3. The molecule has 0 aliphatic heterocycles. The highest BCUT2D eigenvalue weighted by Crippen LogP contribution is 2.24. The van der Waals surface area contributed by atoms with Gasteiger partial charge in [-0.05, 0) is 51.3 Å². The molecule has 0 saturated carbocycles. The highest BCUT2D eigenvalue weighted by Gasteiger charge is 2.19. The van der Waals surface area contributed by atoms with Crippen molar-refractivity contribution >= 4 is 55.8 Å². The highest BCUT2D eigenvalue weighted by atomic mass is 79.9. The second-order valence-corrected chi connectivity index (χ2v) is 9.03. The Balaban J connectivity index is 1.58. The third-order valence-electron chi connectivity index (χ3n) is 5.06. The summed E-state index contributed by atoms with van der Waals surface area (Å²) in [7, 11) is 1.65. The van der Waals surface area contributed by atoms with Gasteiger partial charge in [0.1, 0.15) is 5.75 Å². The first-order valence-electron chi connectivity index (χ1n) is 9.25. The lowest BCUT2D eigenvalue weighted by atomic mass is 10.0. The zero-order valence-electron chi connectivity index (χ0n) is 15.6. The number of aliphatic hydroxyl groups excluding tert-OH is 1. The number of benzene rings is 1. The standard InChI is InChI=1S/C22H22Br2N2O2/c1-28-18-4-2-3-16(11-18)25-12-17(27)13-26-21-7-5-14(23)9-19(21)20-10-15(24)6-8-22(20)26/h2-5,7-8,10-11,17,25,27H,6,9,12-13H2,1H3/t17-/m1/s1. The van der Waals surface area contributed by atoms with E-state index in [0.29, 0.717) is 13.1 Å². The van der Waals surface area contributed by atoms with Gasteiger partial charge in [0.05, 0.1) is 19.8 Å². The number of nitrogens with one attached hydrogen (secondary N) is 1. The Hall–Kier alpha value is -1.76. The number of ether oxygens (including phenoxy) is 1. The van der Waals surface area contributed by atoms with Crippen molar-refractivity contribution in [3.05, 3.63) is 61.1 Å². The van der Waals surface area contributed by atoms with Crippen LogP contribution in [0.3, 0.4) is 0 Å². The van der Waals surface area contributed by atoms with Gasteiger partial charge in [0.2, 0.25) is 0 Å². The van der Waals surface area contributed by atoms with Crippen LogP contribution >= 0.6 is 31.9 Å². The fraction of sp³-hybridized carbons (Fsp3) is 0.273. The summed E-state index contributed by atoms with van der Waals surface area (Å²) in [4.78, 5) is 0. The molecular weight excluding hydrogens is 484 g/mol. The van der Waals surface area contributed by atoms with E-state index in [0.717, 1.165) is 24.3 Å². The summed E-state index contributed by atoms with van der Waals surface area (Å²) in [6.45, 7) is 1.01. The fourth-order valence-electron chi connectivity index (χ4n) is 3.74. The monoisotopic (exact) mass is 504 g/mol. The van der Waals surface area contributed by atoms with E-state index in [-0.39, 0.29) is 0 Å². The number of rotatable bonds is 6. The van der Waals surface area contributed by atoms with E-state index >= 15 is 0 Å². The molecule has 0 saturated heterocycles. The molecule has 0 unspecified atom stereocenters. The van der Waals surface area contributed by atoms with Gasteiger partial charge >= 0.3 is 0 Å². The molecule has 2 aromatic rings. The molecule has 1 aromatic carbocycles. The van der Waals surface area contributed by atoms with E-state index in [1.165, 1.54) is 30.8 Å². The van der Waals surface area contributed by atoms with Crippen molar-refractivity contribution in [2.45, 2.75) is 25.5 Å².